The summed E-state index contributed by atoms with van der Waals surface area (Å²) in [6.07, 6.45) is 0. The number of hydrogen-bond acceptors (Lipinski definition) is 3. The van der Waals surface area contributed by atoms with Crippen molar-refractivity contribution in [3.8, 4) is 0 Å². The van der Waals surface area contributed by atoms with Gasteiger partial charge in [-0.25, -0.2) is 9.93 Å². The van der Waals surface area contributed by atoms with Gasteiger partial charge in [-0.15, -0.1) is 0 Å². The highest BCUT2D eigenvalue weighted by Crippen LogP contribution is 2.16. The lowest BCUT2D eigenvalue weighted by Gasteiger charge is -2.07. The zero-order valence-corrected chi connectivity index (χ0v) is 8.71. The predicted octanol–water partition coefficient (Wildman–Crippen LogP) is 0.309. The van der Waals surface area contributed by atoms with Gasteiger partial charge in [0, 0.05) is 0 Å². The van der Waals surface area contributed by atoms with Crippen LogP contribution >= 0.6 is 0 Å². The van der Waals surface area contributed by atoms with E-state index in [1.54, 1.807) is 6.92 Å². The molecule has 0 radical (unpaired) electrons. The topological polar surface area (TPSA) is 109 Å². The van der Waals surface area contributed by atoms with E-state index in [4.69, 9.17) is 10.2 Å². The number of carboxylic acids is 1. The van der Waals surface area contributed by atoms with E-state index in [0.717, 1.165) is 0 Å². The summed E-state index contributed by atoms with van der Waals surface area (Å²) in [5.41, 5.74) is 0.846. The highest BCUT2D eigenvalue weighted by atomic mass is 32.2. The zero-order chi connectivity index (χ0) is 11.6. The molecule has 0 atom stereocenters. The molecule has 0 unspecified atom stereocenters. The van der Waals surface area contributed by atoms with Crippen molar-refractivity contribution in [2.75, 3.05) is 4.72 Å². The minimum Gasteiger partial charge on any atom is -0.478 e. The molecule has 0 aromatic heterocycles. The standard InChI is InChI=1S/C8H10N2O4S/c1-5-4-6(8(11)12)2-3-7(5)10-15(9,13)14/h2-4,10H,1H3,(H,11,12)(H2,9,13,14). The van der Waals surface area contributed by atoms with Crippen LogP contribution in [0.25, 0.3) is 0 Å². The van der Waals surface area contributed by atoms with Gasteiger partial charge < -0.3 is 5.11 Å². The Balaban J connectivity index is 3.09. The largest absolute Gasteiger partial charge is 0.478 e. The first-order valence-electron chi connectivity index (χ1n) is 3.94. The molecule has 0 amide bonds. The van der Waals surface area contributed by atoms with E-state index in [0.29, 0.717) is 5.56 Å². The van der Waals surface area contributed by atoms with Gasteiger partial charge in [-0.1, -0.05) is 0 Å². The van der Waals surface area contributed by atoms with Crippen LogP contribution < -0.4 is 9.86 Å². The fourth-order valence-corrected chi connectivity index (χ4v) is 1.60. The van der Waals surface area contributed by atoms with E-state index >= 15 is 0 Å². The summed E-state index contributed by atoms with van der Waals surface area (Å²) >= 11 is 0. The number of aryl methyl sites for hydroxylation is 1. The number of carboxylic acid groups (broad SMARTS) is 1. The summed E-state index contributed by atoms with van der Waals surface area (Å²) < 4.78 is 23.5. The molecular formula is C8H10N2O4S. The van der Waals surface area contributed by atoms with Crippen LogP contribution in [0.3, 0.4) is 0 Å². The summed E-state index contributed by atoms with van der Waals surface area (Å²) in [7, 11) is -3.83. The molecule has 0 heterocycles. The maximum absolute atomic E-state index is 10.7. The van der Waals surface area contributed by atoms with Crippen molar-refractivity contribution in [3.05, 3.63) is 29.3 Å². The number of carbonyl (C=O) groups is 1. The minimum absolute atomic E-state index is 0.0902. The molecule has 7 heteroatoms. The molecule has 0 aliphatic heterocycles. The van der Waals surface area contributed by atoms with E-state index in [2.05, 4.69) is 4.72 Å². The number of hydrogen-bond donors (Lipinski definition) is 3. The molecule has 4 N–H and O–H groups in total. The molecule has 15 heavy (non-hydrogen) atoms. The van der Waals surface area contributed by atoms with E-state index in [9.17, 15) is 13.2 Å². The highest BCUT2D eigenvalue weighted by molar-refractivity contribution is 7.90. The molecule has 1 aromatic rings. The third-order valence-electron chi connectivity index (χ3n) is 1.73. The van der Waals surface area contributed by atoms with Crippen LogP contribution in [0.15, 0.2) is 18.2 Å². The van der Waals surface area contributed by atoms with E-state index < -0.39 is 16.2 Å². The second kappa shape index (κ2) is 3.87. The quantitative estimate of drug-likeness (QED) is 0.694. The predicted molar refractivity (Wildman–Crippen MR) is 54.9 cm³/mol. The van der Waals surface area contributed by atoms with E-state index in [1.165, 1.54) is 18.2 Å². The van der Waals surface area contributed by atoms with Crippen molar-refractivity contribution in [3.63, 3.8) is 0 Å². The first-order chi connectivity index (χ1) is 6.79. The lowest BCUT2D eigenvalue weighted by molar-refractivity contribution is 0.0697. The molecule has 0 fully saturated rings. The Kier molecular flexibility index (Phi) is 2.96. The van der Waals surface area contributed by atoms with Gasteiger partial charge in [-0.05, 0) is 30.7 Å². The molecule has 1 aromatic carbocycles. The SMILES string of the molecule is Cc1cc(C(=O)O)ccc1NS(N)(=O)=O. The van der Waals surface area contributed by atoms with Crippen LogP contribution in [0.2, 0.25) is 0 Å². The maximum Gasteiger partial charge on any atom is 0.335 e. The fraction of sp³-hybridized carbons (Fsp3) is 0.125. The van der Waals surface area contributed by atoms with Gasteiger partial charge >= 0.3 is 5.97 Å². The second-order valence-electron chi connectivity index (χ2n) is 2.98. The monoisotopic (exact) mass is 230 g/mol. The molecule has 0 bridgehead atoms. The molecule has 0 saturated heterocycles. The Bertz CT molecular complexity index is 495. The number of aromatic carboxylic acids is 1. The first-order valence-corrected chi connectivity index (χ1v) is 5.49. The molecule has 0 spiro atoms. The maximum atomic E-state index is 10.7. The van der Waals surface area contributed by atoms with Gasteiger partial charge in [0.2, 0.25) is 0 Å². The van der Waals surface area contributed by atoms with Crippen molar-refractivity contribution >= 4 is 21.9 Å². The number of anilines is 1. The van der Waals surface area contributed by atoms with Gasteiger partial charge in [-0.3, -0.25) is 4.72 Å². The Labute approximate surface area is 86.9 Å². The number of nitrogens with two attached hydrogens (primary N) is 1. The Morgan fingerprint density at radius 2 is 2.07 bits per heavy atom. The van der Waals surface area contributed by atoms with Gasteiger partial charge in [0.25, 0.3) is 10.2 Å². The van der Waals surface area contributed by atoms with Crippen molar-refractivity contribution in [1.82, 2.24) is 0 Å². The molecular weight excluding hydrogens is 220 g/mol. The van der Waals surface area contributed by atoms with E-state index in [1.807, 2.05) is 0 Å². The van der Waals surface area contributed by atoms with Crippen molar-refractivity contribution in [2.45, 2.75) is 6.92 Å². The van der Waals surface area contributed by atoms with Crippen molar-refractivity contribution in [2.24, 2.45) is 5.14 Å². The van der Waals surface area contributed by atoms with Crippen LogP contribution in [0.1, 0.15) is 15.9 Å². The number of rotatable bonds is 3. The first kappa shape index (κ1) is 11.5. The third-order valence-corrected chi connectivity index (χ3v) is 2.23. The smallest absolute Gasteiger partial charge is 0.335 e. The van der Waals surface area contributed by atoms with Gasteiger partial charge in [0.1, 0.15) is 0 Å². The number of nitrogens with one attached hydrogen (secondary N) is 1. The van der Waals surface area contributed by atoms with Crippen LogP contribution in [0, 0.1) is 6.92 Å². The van der Waals surface area contributed by atoms with Gasteiger partial charge in [0.15, 0.2) is 0 Å². The molecule has 1 rings (SSSR count). The zero-order valence-electron chi connectivity index (χ0n) is 7.89. The van der Waals surface area contributed by atoms with Crippen LogP contribution in [-0.4, -0.2) is 19.5 Å². The van der Waals surface area contributed by atoms with Crippen molar-refractivity contribution < 1.29 is 18.3 Å². The summed E-state index contributed by atoms with van der Waals surface area (Å²) in [6.45, 7) is 1.58. The summed E-state index contributed by atoms with van der Waals surface area (Å²) in [6, 6.07) is 4.00. The molecule has 0 aliphatic rings. The molecule has 0 saturated carbocycles. The lowest BCUT2D eigenvalue weighted by Crippen LogP contribution is -2.22. The van der Waals surface area contributed by atoms with Gasteiger partial charge in [0.05, 0.1) is 11.3 Å². The molecule has 0 aliphatic carbocycles. The molecule has 82 valence electrons. The minimum atomic E-state index is -3.83. The van der Waals surface area contributed by atoms with E-state index in [-0.39, 0.29) is 11.3 Å². The van der Waals surface area contributed by atoms with Gasteiger partial charge in [-0.2, -0.15) is 8.42 Å². The average Bonchev–Trinajstić information content (AvgIpc) is 2.05. The van der Waals surface area contributed by atoms with Crippen LogP contribution in [0.5, 0.6) is 0 Å². The highest BCUT2D eigenvalue weighted by Gasteiger charge is 2.08. The Hall–Kier alpha value is -1.60. The van der Waals surface area contributed by atoms with Crippen molar-refractivity contribution in [1.29, 1.82) is 0 Å². The Morgan fingerprint density at radius 3 is 2.47 bits per heavy atom. The van der Waals surface area contributed by atoms with Crippen LogP contribution in [-0.2, 0) is 10.2 Å². The Morgan fingerprint density at radius 1 is 1.47 bits per heavy atom. The summed E-state index contributed by atoms with van der Waals surface area (Å²) in [5.74, 6) is -1.07. The summed E-state index contributed by atoms with van der Waals surface area (Å²) in [5, 5.41) is 13.4. The lowest BCUT2D eigenvalue weighted by atomic mass is 10.1. The fourth-order valence-electron chi connectivity index (χ4n) is 1.06. The van der Waals surface area contributed by atoms with Crippen LogP contribution in [0.4, 0.5) is 5.69 Å². The average molecular weight is 230 g/mol. The normalized spacial score (nSPS) is 11.1. The second-order valence-corrected chi connectivity index (χ2v) is 4.28. The summed E-state index contributed by atoms with van der Waals surface area (Å²) in [4.78, 5) is 10.6. The molecule has 6 nitrogen and oxygen atoms in total. The number of benzene rings is 1. The third kappa shape index (κ3) is 3.22.